The van der Waals surface area contributed by atoms with Crippen LogP contribution in [-0.2, 0) is 6.54 Å². The van der Waals surface area contributed by atoms with Crippen molar-refractivity contribution in [3.05, 3.63) is 65.5 Å². The molecule has 0 saturated heterocycles. The highest BCUT2D eigenvalue weighted by molar-refractivity contribution is 5.73. The zero-order valence-corrected chi connectivity index (χ0v) is 12.4. The SMILES string of the molecule is Cc1cccc(CNC(=O)NCCOc2ccccc2F)c1. The molecule has 0 aliphatic rings. The maximum absolute atomic E-state index is 13.3. The van der Waals surface area contributed by atoms with E-state index in [1.54, 1.807) is 18.2 Å². The maximum atomic E-state index is 13.3. The molecular formula is C17H19FN2O2. The summed E-state index contributed by atoms with van der Waals surface area (Å²) in [6.45, 7) is 2.97. The number of nitrogens with one attached hydrogen (secondary N) is 2. The van der Waals surface area contributed by atoms with Gasteiger partial charge in [-0.25, -0.2) is 9.18 Å². The highest BCUT2D eigenvalue weighted by atomic mass is 19.1. The van der Waals surface area contributed by atoms with Gasteiger partial charge < -0.3 is 15.4 Å². The lowest BCUT2D eigenvalue weighted by Crippen LogP contribution is -2.37. The minimum Gasteiger partial charge on any atom is -0.489 e. The molecule has 2 aromatic rings. The van der Waals surface area contributed by atoms with Crippen molar-refractivity contribution in [2.24, 2.45) is 0 Å². The van der Waals surface area contributed by atoms with Crippen LogP contribution in [0.4, 0.5) is 9.18 Å². The highest BCUT2D eigenvalue weighted by Crippen LogP contribution is 2.14. The molecule has 0 unspecified atom stereocenters. The number of hydrogen-bond donors (Lipinski definition) is 2. The van der Waals surface area contributed by atoms with Crippen LogP contribution in [0.3, 0.4) is 0 Å². The van der Waals surface area contributed by atoms with Gasteiger partial charge in [0.1, 0.15) is 6.61 Å². The third kappa shape index (κ3) is 5.09. The number of carbonyl (C=O) groups is 1. The molecule has 0 radical (unpaired) electrons. The first-order valence-corrected chi connectivity index (χ1v) is 7.10. The number of ether oxygens (including phenoxy) is 1. The van der Waals surface area contributed by atoms with E-state index in [9.17, 15) is 9.18 Å². The zero-order valence-electron chi connectivity index (χ0n) is 12.4. The molecule has 0 saturated carbocycles. The van der Waals surface area contributed by atoms with Crippen molar-refractivity contribution in [1.82, 2.24) is 10.6 Å². The molecule has 2 amide bonds. The van der Waals surface area contributed by atoms with Gasteiger partial charge in [-0.15, -0.1) is 0 Å². The van der Waals surface area contributed by atoms with Gasteiger partial charge in [0.05, 0.1) is 6.54 Å². The molecule has 0 spiro atoms. The largest absolute Gasteiger partial charge is 0.489 e. The van der Waals surface area contributed by atoms with Gasteiger partial charge in [-0.2, -0.15) is 0 Å². The Kier molecular flexibility index (Phi) is 5.77. The Morgan fingerprint density at radius 2 is 1.95 bits per heavy atom. The summed E-state index contributed by atoms with van der Waals surface area (Å²) >= 11 is 0. The smallest absolute Gasteiger partial charge is 0.315 e. The summed E-state index contributed by atoms with van der Waals surface area (Å²) in [5.41, 5.74) is 2.19. The number of benzene rings is 2. The lowest BCUT2D eigenvalue weighted by atomic mass is 10.1. The predicted molar refractivity (Wildman–Crippen MR) is 83.3 cm³/mol. The average Bonchev–Trinajstić information content (AvgIpc) is 2.51. The van der Waals surface area contributed by atoms with Crippen LogP contribution < -0.4 is 15.4 Å². The third-order valence-electron chi connectivity index (χ3n) is 3.02. The van der Waals surface area contributed by atoms with Crippen LogP contribution in [0.2, 0.25) is 0 Å². The van der Waals surface area contributed by atoms with Crippen molar-refractivity contribution in [2.75, 3.05) is 13.2 Å². The molecule has 0 heterocycles. The Labute approximate surface area is 129 Å². The molecular weight excluding hydrogens is 283 g/mol. The van der Waals surface area contributed by atoms with Crippen molar-refractivity contribution in [3.8, 4) is 5.75 Å². The summed E-state index contributed by atoms with van der Waals surface area (Å²) in [5, 5.41) is 5.42. The van der Waals surface area contributed by atoms with E-state index < -0.39 is 5.82 Å². The summed E-state index contributed by atoms with van der Waals surface area (Å²) < 4.78 is 18.5. The van der Waals surface area contributed by atoms with E-state index in [1.807, 2.05) is 31.2 Å². The van der Waals surface area contributed by atoms with Gasteiger partial charge in [0.15, 0.2) is 11.6 Å². The van der Waals surface area contributed by atoms with Gasteiger partial charge >= 0.3 is 6.03 Å². The van der Waals surface area contributed by atoms with E-state index in [0.29, 0.717) is 13.1 Å². The molecule has 0 fully saturated rings. The fourth-order valence-electron chi connectivity index (χ4n) is 1.95. The second-order valence-electron chi connectivity index (χ2n) is 4.88. The summed E-state index contributed by atoms with van der Waals surface area (Å²) in [6.07, 6.45) is 0. The number of hydrogen-bond acceptors (Lipinski definition) is 2. The molecule has 5 heteroatoms. The molecule has 4 nitrogen and oxygen atoms in total. The zero-order chi connectivity index (χ0) is 15.8. The van der Waals surface area contributed by atoms with Gasteiger partial charge in [-0.05, 0) is 24.6 Å². The first-order chi connectivity index (χ1) is 10.6. The molecule has 116 valence electrons. The first kappa shape index (κ1) is 15.8. The van der Waals surface area contributed by atoms with Crippen molar-refractivity contribution in [1.29, 1.82) is 0 Å². The van der Waals surface area contributed by atoms with E-state index in [0.717, 1.165) is 11.1 Å². The Morgan fingerprint density at radius 1 is 1.14 bits per heavy atom. The monoisotopic (exact) mass is 302 g/mol. The van der Waals surface area contributed by atoms with E-state index in [-0.39, 0.29) is 18.4 Å². The molecule has 0 atom stereocenters. The minimum absolute atomic E-state index is 0.185. The van der Waals surface area contributed by atoms with Gasteiger partial charge in [-0.3, -0.25) is 0 Å². The van der Waals surface area contributed by atoms with Crippen LogP contribution >= 0.6 is 0 Å². The fraction of sp³-hybridized carbons (Fsp3) is 0.235. The second kappa shape index (κ2) is 8.02. The van der Waals surface area contributed by atoms with Gasteiger partial charge in [0.2, 0.25) is 0 Å². The first-order valence-electron chi connectivity index (χ1n) is 7.10. The van der Waals surface area contributed by atoms with Crippen molar-refractivity contribution in [2.45, 2.75) is 13.5 Å². The summed E-state index contributed by atoms with van der Waals surface area (Å²) in [4.78, 5) is 11.6. The number of aryl methyl sites for hydroxylation is 1. The van der Waals surface area contributed by atoms with Crippen LogP contribution in [0.5, 0.6) is 5.75 Å². The fourth-order valence-corrected chi connectivity index (χ4v) is 1.95. The number of para-hydroxylation sites is 1. The molecule has 0 aliphatic carbocycles. The van der Waals surface area contributed by atoms with Crippen LogP contribution in [0.15, 0.2) is 48.5 Å². The maximum Gasteiger partial charge on any atom is 0.315 e. The van der Waals surface area contributed by atoms with Crippen molar-refractivity contribution >= 4 is 6.03 Å². The number of carbonyl (C=O) groups excluding carboxylic acids is 1. The standard InChI is InChI=1S/C17H19FN2O2/c1-13-5-4-6-14(11-13)12-20-17(21)19-9-10-22-16-8-3-2-7-15(16)18/h2-8,11H,9-10,12H2,1H3,(H2,19,20,21). The Morgan fingerprint density at radius 3 is 2.73 bits per heavy atom. The summed E-state index contributed by atoms with van der Waals surface area (Å²) in [7, 11) is 0. The number of amides is 2. The van der Waals surface area contributed by atoms with Crippen LogP contribution in [0.25, 0.3) is 0 Å². The van der Waals surface area contributed by atoms with Crippen molar-refractivity contribution in [3.63, 3.8) is 0 Å². The van der Waals surface area contributed by atoms with E-state index in [2.05, 4.69) is 10.6 Å². The predicted octanol–water partition coefficient (Wildman–Crippen LogP) is 3.01. The molecule has 2 N–H and O–H groups in total. The number of rotatable bonds is 6. The van der Waals surface area contributed by atoms with Crippen LogP contribution in [0, 0.1) is 12.7 Å². The second-order valence-corrected chi connectivity index (χ2v) is 4.88. The third-order valence-corrected chi connectivity index (χ3v) is 3.02. The molecule has 2 aromatic carbocycles. The Hall–Kier alpha value is -2.56. The van der Waals surface area contributed by atoms with Gasteiger partial charge in [0.25, 0.3) is 0 Å². The molecule has 2 rings (SSSR count). The molecule has 0 aliphatic heterocycles. The van der Waals surface area contributed by atoms with Crippen LogP contribution in [-0.4, -0.2) is 19.2 Å². The van der Waals surface area contributed by atoms with Crippen LogP contribution in [0.1, 0.15) is 11.1 Å². The normalized spacial score (nSPS) is 10.1. The van der Waals surface area contributed by atoms with E-state index in [4.69, 9.17) is 4.74 Å². The summed E-state index contributed by atoms with van der Waals surface area (Å²) in [6, 6.07) is 13.8. The number of halogens is 1. The molecule has 22 heavy (non-hydrogen) atoms. The topological polar surface area (TPSA) is 50.4 Å². The van der Waals surface area contributed by atoms with Gasteiger partial charge in [0, 0.05) is 6.54 Å². The Balaban J connectivity index is 1.65. The van der Waals surface area contributed by atoms with Gasteiger partial charge in [-0.1, -0.05) is 42.0 Å². The molecule has 0 aromatic heterocycles. The highest BCUT2D eigenvalue weighted by Gasteiger charge is 2.03. The Bertz CT molecular complexity index is 632. The summed E-state index contributed by atoms with van der Waals surface area (Å²) in [5.74, 6) is -0.226. The van der Waals surface area contributed by atoms with Crippen molar-refractivity contribution < 1.29 is 13.9 Å². The average molecular weight is 302 g/mol. The number of urea groups is 1. The van der Waals surface area contributed by atoms with E-state index >= 15 is 0 Å². The lowest BCUT2D eigenvalue weighted by Gasteiger charge is -2.09. The quantitative estimate of drug-likeness (QED) is 0.806. The minimum atomic E-state index is -0.411. The molecule has 0 bridgehead atoms. The lowest BCUT2D eigenvalue weighted by molar-refractivity contribution is 0.235. The van der Waals surface area contributed by atoms with E-state index in [1.165, 1.54) is 6.07 Å².